The Morgan fingerprint density at radius 2 is 1.86 bits per heavy atom. The first-order valence-electron chi connectivity index (χ1n) is 10.3. The normalized spacial score (nSPS) is 10.8. The van der Waals surface area contributed by atoms with Crippen molar-refractivity contribution in [1.29, 1.82) is 0 Å². The molecule has 152 valence electrons. The van der Waals surface area contributed by atoms with E-state index < -0.39 is 5.82 Å². The zero-order chi connectivity index (χ0) is 20.5. The van der Waals surface area contributed by atoms with Crippen LogP contribution in [0.5, 0.6) is 5.75 Å². The number of hydrogen-bond acceptors (Lipinski definition) is 3. The first-order valence-corrected chi connectivity index (χ1v) is 10.3. The third-order valence-corrected chi connectivity index (χ3v) is 4.83. The van der Waals surface area contributed by atoms with Crippen molar-refractivity contribution in [1.82, 2.24) is 4.98 Å². The predicted molar refractivity (Wildman–Crippen MR) is 115 cm³/mol. The standard InChI is InChI=1S/C24H27FN2O2/c1-2-3-4-5-6-7-16-29-22-12-8-11-21(23(22)25)27-24(28)19-13-14-20-18(17-19)10-9-15-26-20/h8-15,17H,2-7,16H2,1H3,(H,27,28). The molecular formula is C24H27FN2O2. The SMILES string of the molecule is CCCCCCCCOc1cccc(NC(=O)c2ccc3ncccc3c2)c1F. The molecule has 0 aliphatic heterocycles. The second-order valence-corrected chi connectivity index (χ2v) is 7.10. The highest BCUT2D eigenvalue weighted by Gasteiger charge is 2.13. The van der Waals surface area contributed by atoms with Gasteiger partial charge < -0.3 is 10.1 Å². The van der Waals surface area contributed by atoms with E-state index >= 15 is 0 Å². The number of aromatic nitrogens is 1. The number of nitrogens with zero attached hydrogens (tertiary/aromatic N) is 1. The van der Waals surface area contributed by atoms with Crippen LogP contribution in [0.25, 0.3) is 10.9 Å². The number of rotatable bonds is 10. The summed E-state index contributed by atoms with van der Waals surface area (Å²) in [5.74, 6) is -0.754. The van der Waals surface area contributed by atoms with Crippen LogP contribution in [0.1, 0.15) is 55.8 Å². The number of carbonyl (C=O) groups excluding carboxylic acids is 1. The summed E-state index contributed by atoms with van der Waals surface area (Å²) < 4.78 is 20.3. The van der Waals surface area contributed by atoms with Gasteiger partial charge in [-0.3, -0.25) is 9.78 Å². The summed E-state index contributed by atoms with van der Waals surface area (Å²) in [5, 5.41) is 3.50. The van der Waals surface area contributed by atoms with E-state index in [-0.39, 0.29) is 17.3 Å². The molecular weight excluding hydrogens is 367 g/mol. The number of pyridine rings is 1. The molecule has 1 amide bonds. The molecule has 1 N–H and O–H groups in total. The fraction of sp³-hybridized carbons (Fsp3) is 0.333. The Bertz CT molecular complexity index is 959. The quantitative estimate of drug-likeness (QED) is 0.407. The molecule has 3 aromatic rings. The molecule has 3 rings (SSSR count). The van der Waals surface area contributed by atoms with Gasteiger partial charge in [0.1, 0.15) is 0 Å². The Morgan fingerprint density at radius 1 is 1.03 bits per heavy atom. The lowest BCUT2D eigenvalue weighted by molar-refractivity contribution is 0.102. The molecule has 0 aliphatic rings. The minimum Gasteiger partial charge on any atom is -0.490 e. The van der Waals surface area contributed by atoms with Crippen molar-refractivity contribution in [2.75, 3.05) is 11.9 Å². The average molecular weight is 394 g/mol. The summed E-state index contributed by atoms with van der Waals surface area (Å²) in [6, 6.07) is 13.7. The van der Waals surface area contributed by atoms with Crippen LogP contribution >= 0.6 is 0 Å². The molecule has 1 aromatic heterocycles. The number of unbranched alkanes of at least 4 members (excludes halogenated alkanes) is 5. The molecule has 0 bridgehead atoms. The zero-order valence-electron chi connectivity index (χ0n) is 16.8. The maximum Gasteiger partial charge on any atom is 0.255 e. The number of carbonyl (C=O) groups is 1. The summed E-state index contributed by atoms with van der Waals surface area (Å²) in [7, 11) is 0. The Morgan fingerprint density at radius 3 is 2.72 bits per heavy atom. The number of hydrogen-bond donors (Lipinski definition) is 1. The van der Waals surface area contributed by atoms with Crippen molar-refractivity contribution >= 4 is 22.5 Å². The smallest absolute Gasteiger partial charge is 0.255 e. The molecule has 0 radical (unpaired) electrons. The van der Waals surface area contributed by atoms with E-state index in [9.17, 15) is 9.18 Å². The first-order chi connectivity index (χ1) is 14.2. The predicted octanol–water partition coefficient (Wildman–Crippen LogP) is 6.37. The Hall–Kier alpha value is -2.95. The van der Waals surface area contributed by atoms with Gasteiger partial charge in [-0.15, -0.1) is 0 Å². The third-order valence-electron chi connectivity index (χ3n) is 4.83. The van der Waals surface area contributed by atoms with Gasteiger partial charge in [0.2, 0.25) is 0 Å². The van der Waals surface area contributed by atoms with E-state index in [0.29, 0.717) is 12.2 Å². The minimum absolute atomic E-state index is 0.113. The molecule has 0 unspecified atom stereocenters. The molecule has 0 aliphatic carbocycles. The van der Waals surface area contributed by atoms with Crippen LogP contribution in [0.15, 0.2) is 54.7 Å². The third kappa shape index (κ3) is 5.76. The molecule has 1 heterocycles. The monoisotopic (exact) mass is 394 g/mol. The second-order valence-electron chi connectivity index (χ2n) is 7.10. The van der Waals surface area contributed by atoms with Crippen LogP contribution in [0.4, 0.5) is 10.1 Å². The van der Waals surface area contributed by atoms with Gasteiger partial charge in [0.25, 0.3) is 5.91 Å². The van der Waals surface area contributed by atoms with Gasteiger partial charge in [-0.2, -0.15) is 0 Å². The maximum absolute atomic E-state index is 14.7. The second kappa shape index (κ2) is 10.6. The molecule has 0 saturated carbocycles. The van der Waals surface area contributed by atoms with E-state index in [1.807, 2.05) is 12.1 Å². The van der Waals surface area contributed by atoms with Crippen LogP contribution in [-0.4, -0.2) is 17.5 Å². The van der Waals surface area contributed by atoms with Crippen molar-refractivity contribution < 1.29 is 13.9 Å². The molecule has 0 spiro atoms. The summed E-state index contributed by atoms with van der Waals surface area (Å²) in [4.78, 5) is 16.8. The molecule has 0 atom stereocenters. The number of amides is 1. The van der Waals surface area contributed by atoms with Crippen molar-refractivity contribution in [2.24, 2.45) is 0 Å². The lowest BCUT2D eigenvalue weighted by Gasteiger charge is -2.11. The average Bonchev–Trinajstić information content (AvgIpc) is 2.75. The summed E-state index contributed by atoms with van der Waals surface area (Å²) in [5.41, 5.74) is 1.37. The lowest BCUT2D eigenvalue weighted by Crippen LogP contribution is -2.13. The molecule has 4 nitrogen and oxygen atoms in total. The zero-order valence-corrected chi connectivity index (χ0v) is 16.8. The number of ether oxygens (including phenoxy) is 1. The summed E-state index contributed by atoms with van der Waals surface area (Å²) in [6.07, 6.45) is 8.56. The summed E-state index contributed by atoms with van der Waals surface area (Å²) >= 11 is 0. The molecule has 5 heteroatoms. The number of fused-ring (bicyclic) bond motifs is 1. The fourth-order valence-corrected chi connectivity index (χ4v) is 3.19. The van der Waals surface area contributed by atoms with Crippen LogP contribution in [-0.2, 0) is 0 Å². The van der Waals surface area contributed by atoms with E-state index in [0.717, 1.165) is 23.7 Å². The number of benzene rings is 2. The highest BCUT2D eigenvalue weighted by atomic mass is 19.1. The van der Waals surface area contributed by atoms with Crippen LogP contribution in [0.3, 0.4) is 0 Å². The molecule has 2 aromatic carbocycles. The highest BCUT2D eigenvalue weighted by molar-refractivity contribution is 6.06. The van der Waals surface area contributed by atoms with E-state index in [4.69, 9.17) is 4.74 Å². The minimum atomic E-state index is -0.547. The number of nitrogens with one attached hydrogen (secondary N) is 1. The molecule has 0 saturated heterocycles. The van der Waals surface area contributed by atoms with E-state index in [1.54, 1.807) is 36.5 Å². The van der Waals surface area contributed by atoms with Gasteiger partial charge in [0, 0.05) is 17.1 Å². The van der Waals surface area contributed by atoms with Crippen molar-refractivity contribution in [2.45, 2.75) is 45.4 Å². The topological polar surface area (TPSA) is 51.2 Å². The van der Waals surface area contributed by atoms with Crippen LogP contribution < -0.4 is 10.1 Å². The number of halogens is 1. The largest absolute Gasteiger partial charge is 0.490 e. The van der Waals surface area contributed by atoms with Gasteiger partial charge >= 0.3 is 0 Å². The van der Waals surface area contributed by atoms with Crippen molar-refractivity contribution in [3.05, 3.63) is 66.1 Å². The first kappa shape index (κ1) is 20.8. The highest BCUT2D eigenvalue weighted by Crippen LogP contribution is 2.25. The molecule has 0 fully saturated rings. The van der Waals surface area contributed by atoms with E-state index in [1.165, 1.54) is 31.7 Å². The van der Waals surface area contributed by atoms with E-state index in [2.05, 4.69) is 17.2 Å². The van der Waals surface area contributed by atoms with Gasteiger partial charge in [-0.1, -0.05) is 51.2 Å². The van der Waals surface area contributed by atoms with Crippen molar-refractivity contribution in [3.8, 4) is 5.75 Å². The fourth-order valence-electron chi connectivity index (χ4n) is 3.19. The van der Waals surface area contributed by atoms with Gasteiger partial charge in [0.15, 0.2) is 11.6 Å². The van der Waals surface area contributed by atoms with Gasteiger partial charge in [-0.05, 0) is 42.8 Å². The van der Waals surface area contributed by atoms with Gasteiger partial charge in [-0.25, -0.2) is 4.39 Å². The Balaban J connectivity index is 1.59. The number of anilines is 1. The summed E-state index contributed by atoms with van der Waals surface area (Å²) in [6.45, 7) is 2.66. The van der Waals surface area contributed by atoms with Crippen LogP contribution in [0.2, 0.25) is 0 Å². The van der Waals surface area contributed by atoms with Gasteiger partial charge in [0.05, 0.1) is 17.8 Å². The Kier molecular flexibility index (Phi) is 7.56. The van der Waals surface area contributed by atoms with Crippen molar-refractivity contribution in [3.63, 3.8) is 0 Å². The Labute approximate surface area is 171 Å². The van der Waals surface area contributed by atoms with Crippen LogP contribution in [0, 0.1) is 5.82 Å². The lowest BCUT2D eigenvalue weighted by atomic mass is 10.1. The maximum atomic E-state index is 14.7. The molecule has 29 heavy (non-hydrogen) atoms.